The van der Waals surface area contributed by atoms with Gasteiger partial charge in [-0.2, -0.15) is 0 Å². The highest BCUT2D eigenvalue weighted by Gasteiger charge is 2.31. The molecule has 1 saturated heterocycles. The second-order valence-electron chi connectivity index (χ2n) is 8.39. The van der Waals surface area contributed by atoms with Crippen LogP contribution in [-0.2, 0) is 16.0 Å². The van der Waals surface area contributed by atoms with E-state index in [-0.39, 0.29) is 23.4 Å². The monoisotopic (exact) mass is 455 g/mol. The Labute approximate surface area is 195 Å². The van der Waals surface area contributed by atoms with Crippen molar-refractivity contribution in [3.63, 3.8) is 0 Å². The molecule has 8 nitrogen and oxygen atoms in total. The lowest BCUT2D eigenvalue weighted by Crippen LogP contribution is -2.49. The molecule has 0 aromatic heterocycles. The van der Waals surface area contributed by atoms with Crippen molar-refractivity contribution in [1.82, 2.24) is 4.90 Å². The molecule has 1 aliphatic rings. The number of methoxy groups -OCH3 is 1. The van der Waals surface area contributed by atoms with E-state index in [0.29, 0.717) is 19.0 Å². The molecule has 0 bridgehead atoms. The lowest BCUT2D eigenvalue weighted by Gasteiger charge is -2.37. The molecule has 2 aromatic rings. The van der Waals surface area contributed by atoms with Gasteiger partial charge in [-0.3, -0.25) is 19.8 Å². The number of benzene rings is 2. The van der Waals surface area contributed by atoms with E-state index < -0.39 is 4.92 Å². The predicted molar refractivity (Wildman–Crippen MR) is 128 cm³/mol. The Morgan fingerprint density at radius 1 is 1.18 bits per heavy atom. The molecule has 3 rings (SSSR count). The number of hydrogen-bond acceptors (Lipinski definition) is 7. The number of esters is 1. The number of aryl methyl sites for hydroxylation is 1. The molecule has 1 unspecified atom stereocenters. The van der Waals surface area contributed by atoms with Crippen molar-refractivity contribution in [2.45, 2.75) is 44.6 Å². The summed E-state index contributed by atoms with van der Waals surface area (Å²) in [7, 11) is 3.28. The summed E-state index contributed by atoms with van der Waals surface area (Å²) in [5.41, 5.74) is 1.91. The second-order valence-corrected chi connectivity index (χ2v) is 8.39. The van der Waals surface area contributed by atoms with Crippen LogP contribution in [0.3, 0.4) is 0 Å². The summed E-state index contributed by atoms with van der Waals surface area (Å²) in [4.78, 5) is 27.7. The van der Waals surface area contributed by atoms with Crippen molar-refractivity contribution < 1.29 is 19.2 Å². The van der Waals surface area contributed by atoms with E-state index >= 15 is 0 Å². The highest BCUT2D eigenvalue weighted by molar-refractivity contribution is 5.76. The fraction of sp³-hybridized carbons (Fsp3) is 0.480. The van der Waals surface area contributed by atoms with E-state index in [1.165, 1.54) is 18.7 Å². The normalized spacial score (nSPS) is 16.2. The van der Waals surface area contributed by atoms with Crippen molar-refractivity contribution in [3.8, 4) is 5.75 Å². The Bertz CT molecular complexity index is 922. The van der Waals surface area contributed by atoms with Gasteiger partial charge in [-0.25, -0.2) is 0 Å². The lowest BCUT2D eigenvalue weighted by molar-refractivity contribution is -0.385. The topological polar surface area (TPSA) is 85.2 Å². The smallest absolute Gasteiger partial charge is 0.323 e. The highest BCUT2D eigenvalue weighted by atomic mass is 16.6. The second kappa shape index (κ2) is 12.2. The Balaban J connectivity index is 1.52. The van der Waals surface area contributed by atoms with Crippen LogP contribution in [0, 0.1) is 10.1 Å². The maximum Gasteiger partial charge on any atom is 0.323 e. The standard InChI is InChI=1S/C25H33N3O5/c1-26(21-14-15-24(32-2)23(18-21)28(30)31)19-27-16-8-6-13-22(27)25(29)33-17-9-7-12-20-10-4-3-5-11-20/h3-5,10-11,14-15,18,22H,6-9,12-13,16-17,19H2,1-2H3. The summed E-state index contributed by atoms with van der Waals surface area (Å²) in [6.07, 6.45) is 5.55. The number of anilines is 1. The molecule has 0 aliphatic carbocycles. The first-order valence-corrected chi connectivity index (χ1v) is 11.5. The fourth-order valence-corrected chi connectivity index (χ4v) is 4.18. The number of rotatable bonds is 11. The minimum atomic E-state index is -0.449. The number of carbonyl (C=O) groups excluding carboxylic acids is 1. The summed E-state index contributed by atoms with van der Waals surface area (Å²) in [6.45, 7) is 1.70. The first kappa shape index (κ1) is 24.5. The molecule has 33 heavy (non-hydrogen) atoms. The molecular formula is C25H33N3O5. The van der Waals surface area contributed by atoms with Gasteiger partial charge in [0, 0.05) is 25.3 Å². The van der Waals surface area contributed by atoms with Crippen molar-refractivity contribution in [3.05, 3.63) is 64.2 Å². The molecule has 1 aliphatic heterocycles. The van der Waals surface area contributed by atoms with Gasteiger partial charge >= 0.3 is 11.7 Å². The van der Waals surface area contributed by atoms with Gasteiger partial charge < -0.3 is 14.4 Å². The van der Waals surface area contributed by atoms with E-state index in [9.17, 15) is 14.9 Å². The summed E-state index contributed by atoms with van der Waals surface area (Å²) < 4.78 is 10.7. The molecule has 8 heteroatoms. The summed E-state index contributed by atoms with van der Waals surface area (Å²) >= 11 is 0. The molecule has 1 atom stereocenters. The predicted octanol–water partition coefficient (Wildman–Crippen LogP) is 4.42. The van der Waals surface area contributed by atoms with Gasteiger partial charge in [0.1, 0.15) is 6.04 Å². The van der Waals surface area contributed by atoms with Crippen LogP contribution in [0.1, 0.15) is 37.7 Å². The number of nitro groups is 1. The molecule has 1 heterocycles. The summed E-state index contributed by atoms with van der Waals surface area (Å²) in [6, 6.07) is 14.9. The zero-order valence-electron chi connectivity index (χ0n) is 19.4. The van der Waals surface area contributed by atoms with Crippen molar-refractivity contribution in [2.24, 2.45) is 0 Å². The van der Waals surface area contributed by atoms with Crippen molar-refractivity contribution >= 4 is 17.3 Å². The van der Waals surface area contributed by atoms with Gasteiger partial charge in [-0.1, -0.05) is 36.8 Å². The van der Waals surface area contributed by atoms with E-state index in [0.717, 1.165) is 45.1 Å². The minimum Gasteiger partial charge on any atom is -0.490 e. The number of nitrogens with zero attached hydrogens (tertiary/aromatic N) is 3. The van der Waals surface area contributed by atoms with Crippen molar-refractivity contribution in [1.29, 1.82) is 0 Å². The molecular weight excluding hydrogens is 422 g/mol. The van der Waals surface area contributed by atoms with E-state index in [1.54, 1.807) is 12.1 Å². The van der Waals surface area contributed by atoms with Crippen LogP contribution in [0.2, 0.25) is 0 Å². The molecule has 178 valence electrons. The van der Waals surface area contributed by atoms with Gasteiger partial charge in [0.05, 0.1) is 25.3 Å². The third kappa shape index (κ3) is 6.92. The van der Waals surface area contributed by atoms with Gasteiger partial charge in [0.15, 0.2) is 5.75 Å². The number of nitro benzene ring substituents is 1. The fourth-order valence-electron chi connectivity index (χ4n) is 4.18. The van der Waals surface area contributed by atoms with Gasteiger partial charge in [-0.15, -0.1) is 0 Å². The number of hydrogen-bond donors (Lipinski definition) is 0. The molecule has 0 spiro atoms. The summed E-state index contributed by atoms with van der Waals surface area (Å²) in [5, 5.41) is 11.3. The van der Waals surface area contributed by atoms with Crippen LogP contribution < -0.4 is 9.64 Å². The van der Waals surface area contributed by atoms with Crippen LogP contribution in [0.4, 0.5) is 11.4 Å². The van der Waals surface area contributed by atoms with Crippen LogP contribution in [-0.4, -0.2) is 55.8 Å². The quantitative estimate of drug-likeness (QED) is 0.215. The number of piperidine rings is 1. The minimum absolute atomic E-state index is 0.0769. The number of carbonyl (C=O) groups is 1. The number of ether oxygens (including phenoxy) is 2. The Kier molecular flexibility index (Phi) is 9.06. The van der Waals surface area contributed by atoms with Gasteiger partial charge in [-0.05, 0) is 49.8 Å². The first-order valence-electron chi connectivity index (χ1n) is 11.5. The third-order valence-electron chi connectivity index (χ3n) is 6.03. The average Bonchev–Trinajstić information content (AvgIpc) is 2.84. The van der Waals surface area contributed by atoms with Crippen LogP contribution in [0.5, 0.6) is 5.75 Å². The number of likely N-dealkylation sites (tertiary alicyclic amines) is 1. The maximum absolute atomic E-state index is 12.8. The lowest BCUT2D eigenvalue weighted by atomic mass is 10.0. The largest absolute Gasteiger partial charge is 0.490 e. The average molecular weight is 456 g/mol. The summed E-state index contributed by atoms with van der Waals surface area (Å²) in [5.74, 6) is 0.0485. The van der Waals surface area contributed by atoms with E-state index in [2.05, 4.69) is 17.0 Å². The number of unbranched alkanes of at least 4 members (excludes halogenated alkanes) is 1. The van der Waals surface area contributed by atoms with Crippen LogP contribution in [0.15, 0.2) is 48.5 Å². The molecule has 0 N–H and O–H groups in total. The van der Waals surface area contributed by atoms with E-state index in [1.807, 2.05) is 30.1 Å². The first-order chi connectivity index (χ1) is 16.0. The highest BCUT2D eigenvalue weighted by Crippen LogP contribution is 2.31. The Morgan fingerprint density at radius 3 is 2.70 bits per heavy atom. The Hall–Kier alpha value is -3.13. The molecule has 0 saturated carbocycles. The molecule has 1 fully saturated rings. The molecule has 2 aromatic carbocycles. The zero-order valence-corrected chi connectivity index (χ0v) is 19.4. The van der Waals surface area contributed by atoms with Crippen LogP contribution >= 0.6 is 0 Å². The van der Waals surface area contributed by atoms with Crippen LogP contribution in [0.25, 0.3) is 0 Å². The molecule has 0 radical (unpaired) electrons. The Morgan fingerprint density at radius 2 is 1.97 bits per heavy atom. The maximum atomic E-state index is 12.8. The molecule has 0 amide bonds. The zero-order chi connectivity index (χ0) is 23.6. The SMILES string of the molecule is COc1ccc(N(C)CN2CCCCC2C(=O)OCCCCc2ccccc2)cc1[N+](=O)[O-]. The van der Waals surface area contributed by atoms with Gasteiger partial charge in [0.2, 0.25) is 0 Å². The third-order valence-corrected chi connectivity index (χ3v) is 6.03. The van der Waals surface area contributed by atoms with E-state index in [4.69, 9.17) is 9.47 Å². The van der Waals surface area contributed by atoms with Gasteiger partial charge in [0.25, 0.3) is 0 Å². The van der Waals surface area contributed by atoms with Crippen molar-refractivity contribution in [2.75, 3.05) is 38.9 Å².